The predicted molar refractivity (Wildman–Crippen MR) is 96.1 cm³/mol. The van der Waals surface area contributed by atoms with Gasteiger partial charge >= 0.3 is 21.1 Å². The molecule has 140 valence electrons. The first-order chi connectivity index (χ1) is 12.5. The Morgan fingerprint density at radius 3 is 1.22 bits per heavy atom. The quantitative estimate of drug-likeness (QED) is 0.381. The summed E-state index contributed by atoms with van der Waals surface area (Å²) in [6, 6.07) is 3.78. The van der Waals surface area contributed by atoms with E-state index in [1.54, 1.807) is 24.8 Å². The molecule has 4 aromatic rings. The van der Waals surface area contributed by atoms with Gasteiger partial charge in [0, 0.05) is 23.8 Å². The molecule has 0 atom stereocenters. The van der Waals surface area contributed by atoms with Gasteiger partial charge in [0.2, 0.25) is 0 Å². The third-order valence-corrected chi connectivity index (χ3v) is 3.41. The van der Waals surface area contributed by atoms with Crippen LogP contribution in [0, 0.1) is 27.7 Å². The first kappa shape index (κ1) is 20.6. The van der Waals surface area contributed by atoms with Crippen molar-refractivity contribution < 1.29 is 21.1 Å². The van der Waals surface area contributed by atoms with Crippen molar-refractivity contribution in [1.82, 2.24) is 40.3 Å². The summed E-state index contributed by atoms with van der Waals surface area (Å²) >= 11 is 0. The van der Waals surface area contributed by atoms with Gasteiger partial charge in [-0.15, -0.1) is 0 Å². The standard InChI is InChI=1S/2C9H9N4.Pt/c2*1-6-3-8(13-12-6)9-5-10-7(2)4-11-9;/h2*3-5H,1-2H3;/q2*-1;+2. The minimum absolute atomic E-state index is 0. The summed E-state index contributed by atoms with van der Waals surface area (Å²) in [6.07, 6.45) is 6.86. The van der Waals surface area contributed by atoms with E-state index in [1.165, 1.54) is 0 Å². The molecule has 27 heavy (non-hydrogen) atoms. The molecule has 4 rings (SSSR count). The Balaban J connectivity index is 0.000000187. The fourth-order valence-corrected chi connectivity index (χ4v) is 2.08. The molecule has 8 nitrogen and oxygen atoms in total. The molecule has 0 aromatic carbocycles. The summed E-state index contributed by atoms with van der Waals surface area (Å²) in [6.45, 7) is 7.60. The van der Waals surface area contributed by atoms with E-state index >= 15 is 0 Å². The Kier molecular flexibility index (Phi) is 7.07. The topological polar surface area (TPSA) is 106 Å². The summed E-state index contributed by atoms with van der Waals surface area (Å²) in [5, 5.41) is 15.7. The number of aryl methyl sites for hydroxylation is 4. The van der Waals surface area contributed by atoms with Crippen molar-refractivity contribution in [3.8, 4) is 22.8 Å². The maximum atomic E-state index is 4.20. The summed E-state index contributed by atoms with van der Waals surface area (Å²) in [5.41, 5.74) is 6.71. The van der Waals surface area contributed by atoms with Crippen molar-refractivity contribution in [2.75, 3.05) is 0 Å². The summed E-state index contributed by atoms with van der Waals surface area (Å²) in [7, 11) is 0. The first-order valence-electron chi connectivity index (χ1n) is 8.03. The second-order valence-electron chi connectivity index (χ2n) is 5.83. The maximum absolute atomic E-state index is 4.20. The molecule has 9 heteroatoms. The average molecular weight is 541 g/mol. The minimum atomic E-state index is 0. The Hall–Kier alpha value is -2.73. The van der Waals surface area contributed by atoms with Gasteiger partial charge < -0.3 is 20.4 Å². The molecule has 0 aliphatic heterocycles. The van der Waals surface area contributed by atoms with Crippen LogP contribution in [0.3, 0.4) is 0 Å². The van der Waals surface area contributed by atoms with E-state index in [0.29, 0.717) is 0 Å². The number of hydrogen-bond acceptors (Lipinski definition) is 6. The van der Waals surface area contributed by atoms with E-state index in [-0.39, 0.29) is 21.1 Å². The van der Waals surface area contributed by atoms with E-state index in [1.807, 2.05) is 39.8 Å². The van der Waals surface area contributed by atoms with Crippen LogP contribution in [0.25, 0.3) is 22.8 Å². The van der Waals surface area contributed by atoms with Crippen molar-refractivity contribution in [2.24, 2.45) is 0 Å². The van der Waals surface area contributed by atoms with E-state index in [4.69, 9.17) is 0 Å². The SMILES string of the molecule is Cc1cnc(-c2cc(C)n[n-]2)cn1.Cc1cnc(-c2cc(C)n[n-]2)cn1.[Pt+2]. The third-order valence-electron chi connectivity index (χ3n) is 3.41. The zero-order valence-electron chi connectivity index (χ0n) is 15.4. The smallest absolute Gasteiger partial charge is 0.573 e. The van der Waals surface area contributed by atoms with Gasteiger partial charge in [0.1, 0.15) is 0 Å². The average Bonchev–Trinajstić information content (AvgIpc) is 3.25. The first-order valence-corrected chi connectivity index (χ1v) is 8.03. The van der Waals surface area contributed by atoms with Crippen LogP contribution in [0.15, 0.2) is 36.9 Å². The molecular formula is C18H18N8Pt. The van der Waals surface area contributed by atoms with Gasteiger partial charge in [-0.1, -0.05) is 23.5 Å². The van der Waals surface area contributed by atoms with Crippen LogP contribution >= 0.6 is 0 Å². The van der Waals surface area contributed by atoms with Crippen molar-refractivity contribution in [1.29, 1.82) is 0 Å². The minimum Gasteiger partial charge on any atom is -0.573 e. The molecule has 4 aromatic heterocycles. The van der Waals surface area contributed by atoms with Crippen LogP contribution in [-0.4, -0.2) is 30.1 Å². The van der Waals surface area contributed by atoms with Gasteiger partial charge in [0.05, 0.1) is 35.2 Å². The van der Waals surface area contributed by atoms with Gasteiger partial charge in [-0.3, -0.25) is 19.9 Å². The molecule has 0 radical (unpaired) electrons. The molecule has 0 bridgehead atoms. The molecule has 0 spiro atoms. The number of aromatic nitrogens is 8. The molecule has 0 N–H and O–H groups in total. The molecule has 0 aliphatic carbocycles. The normalized spacial score (nSPS) is 9.93. The molecule has 0 aliphatic rings. The number of nitrogens with zero attached hydrogens (tertiary/aromatic N) is 8. The zero-order valence-corrected chi connectivity index (χ0v) is 17.6. The largest absolute Gasteiger partial charge is 2.00 e. The predicted octanol–water partition coefficient (Wildman–Crippen LogP) is 2.22. The molecule has 0 saturated carbocycles. The van der Waals surface area contributed by atoms with Crippen LogP contribution in [0.1, 0.15) is 22.8 Å². The van der Waals surface area contributed by atoms with E-state index < -0.39 is 0 Å². The van der Waals surface area contributed by atoms with Crippen LogP contribution in [0.5, 0.6) is 0 Å². The van der Waals surface area contributed by atoms with Crippen LogP contribution < -0.4 is 10.2 Å². The molecular weight excluding hydrogens is 523 g/mol. The van der Waals surface area contributed by atoms with Gasteiger partial charge in [0.25, 0.3) is 0 Å². The second-order valence-corrected chi connectivity index (χ2v) is 5.83. The van der Waals surface area contributed by atoms with Crippen molar-refractivity contribution in [2.45, 2.75) is 27.7 Å². The summed E-state index contributed by atoms with van der Waals surface area (Å²) in [5.74, 6) is 0. The van der Waals surface area contributed by atoms with Gasteiger partial charge in [-0.25, -0.2) is 0 Å². The third kappa shape index (κ3) is 5.62. The molecule has 0 saturated heterocycles. The number of hydrogen-bond donors (Lipinski definition) is 0. The fourth-order valence-electron chi connectivity index (χ4n) is 2.08. The molecule has 0 unspecified atom stereocenters. The van der Waals surface area contributed by atoms with E-state index in [0.717, 1.165) is 45.6 Å². The maximum Gasteiger partial charge on any atom is 2.00 e. The second kappa shape index (κ2) is 9.28. The summed E-state index contributed by atoms with van der Waals surface area (Å²) < 4.78 is 0. The molecule has 0 amide bonds. The summed E-state index contributed by atoms with van der Waals surface area (Å²) in [4.78, 5) is 16.7. The Morgan fingerprint density at radius 1 is 0.556 bits per heavy atom. The molecule has 4 heterocycles. The van der Waals surface area contributed by atoms with E-state index in [2.05, 4.69) is 40.3 Å². The van der Waals surface area contributed by atoms with Crippen LogP contribution in [0.2, 0.25) is 0 Å². The van der Waals surface area contributed by atoms with Crippen LogP contribution in [-0.2, 0) is 21.1 Å². The molecule has 0 fully saturated rings. The van der Waals surface area contributed by atoms with Crippen molar-refractivity contribution in [3.05, 3.63) is 59.7 Å². The number of rotatable bonds is 2. The Morgan fingerprint density at radius 2 is 0.963 bits per heavy atom. The monoisotopic (exact) mass is 541 g/mol. The Bertz CT molecular complexity index is 892. The van der Waals surface area contributed by atoms with Gasteiger partial charge in [0.15, 0.2) is 0 Å². The van der Waals surface area contributed by atoms with E-state index in [9.17, 15) is 0 Å². The zero-order chi connectivity index (χ0) is 18.5. The van der Waals surface area contributed by atoms with Crippen molar-refractivity contribution in [3.63, 3.8) is 0 Å². The van der Waals surface area contributed by atoms with Crippen LogP contribution in [0.4, 0.5) is 0 Å². The van der Waals surface area contributed by atoms with Crippen molar-refractivity contribution >= 4 is 0 Å². The fraction of sp³-hybridized carbons (Fsp3) is 0.222. The van der Waals surface area contributed by atoms with Gasteiger partial charge in [-0.05, 0) is 27.7 Å². The van der Waals surface area contributed by atoms with Gasteiger partial charge in [-0.2, -0.15) is 0 Å². The Labute approximate surface area is 171 Å².